The van der Waals surface area contributed by atoms with Crippen molar-refractivity contribution in [2.75, 3.05) is 70.8 Å². The fourth-order valence-corrected chi connectivity index (χ4v) is 4.74. The van der Waals surface area contributed by atoms with Crippen molar-refractivity contribution >= 4 is 41.1 Å². The van der Waals surface area contributed by atoms with Gasteiger partial charge in [-0.1, -0.05) is 36.4 Å². The SMILES string of the molecule is O=C(O)CN(CCN(CCNc1cccc2c1C(=O)c1ccccc1C2=O)CCN(CC(=O)O)CC(=O)O)CC(=O)O. The first-order chi connectivity index (χ1) is 20.0. The highest BCUT2D eigenvalue weighted by molar-refractivity contribution is 6.30. The number of fused-ring (bicyclic) bond motifs is 2. The number of carboxylic acid groups (broad SMARTS) is 4. The van der Waals surface area contributed by atoms with Gasteiger partial charge >= 0.3 is 23.9 Å². The molecule has 14 nitrogen and oxygen atoms in total. The van der Waals surface area contributed by atoms with Crippen LogP contribution < -0.4 is 5.32 Å². The summed E-state index contributed by atoms with van der Waals surface area (Å²) < 4.78 is 0. The molecule has 0 atom stereocenters. The van der Waals surface area contributed by atoms with Crippen LogP contribution in [-0.4, -0.2) is 136 Å². The highest BCUT2D eigenvalue weighted by atomic mass is 16.4. The number of carbonyl (C=O) groups is 6. The number of benzene rings is 2. The van der Waals surface area contributed by atoms with Crippen LogP contribution in [0.5, 0.6) is 0 Å². The Kier molecular flexibility index (Phi) is 11.2. The van der Waals surface area contributed by atoms with Gasteiger partial charge in [0.2, 0.25) is 0 Å². The molecule has 0 unspecified atom stereocenters. The average Bonchev–Trinajstić information content (AvgIpc) is 2.91. The van der Waals surface area contributed by atoms with Crippen LogP contribution in [0, 0.1) is 0 Å². The minimum absolute atomic E-state index is 0.0565. The zero-order valence-corrected chi connectivity index (χ0v) is 22.7. The van der Waals surface area contributed by atoms with Gasteiger partial charge in [-0.05, 0) is 6.07 Å². The molecule has 14 heteroatoms. The number of rotatable bonds is 18. The third-order valence-electron chi connectivity index (χ3n) is 6.60. The molecule has 2 aromatic carbocycles. The van der Waals surface area contributed by atoms with E-state index in [2.05, 4.69) is 5.32 Å². The van der Waals surface area contributed by atoms with Gasteiger partial charge in [0.25, 0.3) is 0 Å². The number of carboxylic acids is 4. The monoisotopic (exact) mass is 584 g/mol. The van der Waals surface area contributed by atoms with E-state index < -0.39 is 50.1 Å². The quantitative estimate of drug-likeness (QED) is 0.135. The van der Waals surface area contributed by atoms with Crippen LogP contribution in [0.15, 0.2) is 42.5 Å². The summed E-state index contributed by atoms with van der Waals surface area (Å²) in [6.07, 6.45) is 0. The maximum Gasteiger partial charge on any atom is 0.317 e. The number of nitrogens with zero attached hydrogens (tertiary/aromatic N) is 3. The number of carbonyl (C=O) groups excluding carboxylic acids is 2. The molecular weight excluding hydrogens is 552 g/mol. The highest BCUT2D eigenvalue weighted by Crippen LogP contribution is 2.31. The summed E-state index contributed by atoms with van der Waals surface area (Å²) in [5, 5.41) is 39.7. The lowest BCUT2D eigenvalue weighted by Gasteiger charge is -2.29. The van der Waals surface area contributed by atoms with Gasteiger partial charge in [-0.25, -0.2) is 0 Å². The van der Waals surface area contributed by atoms with Crippen LogP contribution in [-0.2, 0) is 19.2 Å². The van der Waals surface area contributed by atoms with E-state index in [1.54, 1.807) is 47.4 Å². The molecule has 0 radical (unpaired) electrons. The first-order valence-electron chi connectivity index (χ1n) is 13.1. The second kappa shape index (κ2) is 14.8. The predicted molar refractivity (Wildman–Crippen MR) is 148 cm³/mol. The summed E-state index contributed by atoms with van der Waals surface area (Å²) in [5.74, 6) is -5.36. The Bertz CT molecular complexity index is 1290. The van der Waals surface area contributed by atoms with Gasteiger partial charge in [0.15, 0.2) is 11.6 Å². The van der Waals surface area contributed by atoms with Crippen molar-refractivity contribution in [2.24, 2.45) is 0 Å². The van der Waals surface area contributed by atoms with E-state index in [0.717, 1.165) is 0 Å². The molecule has 0 spiro atoms. The summed E-state index contributed by atoms with van der Waals surface area (Å²) in [7, 11) is 0. The van der Waals surface area contributed by atoms with Crippen molar-refractivity contribution in [3.8, 4) is 0 Å². The van der Waals surface area contributed by atoms with Crippen LogP contribution in [0.1, 0.15) is 31.8 Å². The van der Waals surface area contributed by atoms with Gasteiger partial charge in [-0.15, -0.1) is 0 Å². The van der Waals surface area contributed by atoms with Gasteiger partial charge in [0, 0.05) is 61.6 Å². The zero-order chi connectivity index (χ0) is 30.8. The molecular formula is C28H32N4O10. The highest BCUT2D eigenvalue weighted by Gasteiger charge is 2.31. The van der Waals surface area contributed by atoms with Crippen molar-refractivity contribution < 1.29 is 49.2 Å². The number of hydrogen-bond donors (Lipinski definition) is 5. The van der Waals surface area contributed by atoms with Crippen LogP contribution in [0.4, 0.5) is 5.69 Å². The van der Waals surface area contributed by atoms with Gasteiger partial charge in [0.1, 0.15) is 0 Å². The van der Waals surface area contributed by atoms with Crippen LogP contribution in [0.2, 0.25) is 0 Å². The molecule has 3 rings (SSSR count). The molecule has 0 heterocycles. The van der Waals surface area contributed by atoms with E-state index in [9.17, 15) is 28.8 Å². The number of anilines is 1. The average molecular weight is 585 g/mol. The van der Waals surface area contributed by atoms with Crippen molar-refractivity contribution in [3.63, 3.8) is 0 Å². The number of hydrogen-bond acceptors (Lipinski definition) is 10. The van der Waals surface area contributed by atoms with Crippen molar-refractivity contribution in [1.29, 1.82) is 0 Å². The molecule has 0 bridgehead atoms. The molecule has 0 fully saturated rings. The Labute approximate surface area is 240 Å². The van der Waals surface area contributed by atoms with E-state index in [0.29, 0.717) is 16.8 Å². The molecule has 0 amide bonds. The Balaban J connectivity index is 1.74. The standard InChI is InChI=1S/C28H32N4O10/c33-22(34)14-31(15-23(35)36)12-10-30(11-13-32(16-24(37)38)17-25(39)40)9-8-29-21-7-3-6-20-26(21)28(42)19-5-2-1-4-18(19)27(20)41/h1-7,29H,8-17H2,(H,33,34)(H,35,36)(H,37,38)(H,39,40). The molecule has 224 valence electrons. The maximum atomic E-state index is 13.3. The molecule has 0 aliphatic heterocycles. The van der Waals surface area contributed by atoms with Gasteiger partial charge in [-0.2, -0.15) is 0 Å². The Morgan fingerprint density at radius 1 is 0.548 bits per heavy atom. The predicted octanol–water partition coefficient (Wildman–Crippen LogP) is 0.118. The van der Waals surface area contributed by atoms with Gasteiger partial charge in [-0.3, -0.25) is 43.5 Å². The number of aliphatic carboxylic acids is 4. The minimum atomic E-state index is -1.20. The smallest absolute Gasteiger partial charge is 0.317 e. The van der Waals surface area contributed by atoms with E-state index in [4.69, 9.17) is 20.4 Å². The second-order valence-corrected chi connectivity index (χ2v) is 9.70. The first-order valence-corrected chi connectivity index (χ1v) is 13.1. The fraction of sp³-hybridized carbons (Fsp3) is 0.357. The molecule has 0 saturated carbocycles. The normalized spacial score (nSPS) is 12.4. The van der Waals surface area contributed by atoms with Crippen LogP contribution in [0.3, 0.4) is 0 Å². The van der Waals surface area contributed by atoms with Crippen molar-refractivity contribution in [3.05, 3.63) is 64.7 Å². The summed E-state index contributed by atoms with van der Waals surface area (Å²) in [6.45, 7) is -0.997. The third kappa shape index (κ3) is 8.92. The molecule has 42 heavy (non-hydrogen) atoms. The molecule has 0 aromatic heterocycles. The van der Waals surface area contributed by atoms with Crippen LogP contribution in [0.25, 0.3) is 0 Å². The van der Waals surface area contributed by atoms with Crippen molar-refractivity contribution in [2.45, 2.75) is 0 Å². The molecule has 1 aliphatic rings. The molecule has 2 aromatic rings. The summed E-state index contributed by atoms with van der Waals surface area (Å²) in [4.78, 5) is 75.4. The van der Waals surface area contributed by atoms with E-state index in [-0.39, 0.29) is 62.0 Å². The van der Waals surface area contributed by atoms with Crippen LogP contribution >= 0.6 is 0 Å². The van der Waals surface area contributed by atoms with E-state index in [1.165, 1.54) is 9.80 Å². The summed E-state index contributed by atoms with van der Waals surface area (Å²) in [5.41, 5.74) is 1.60. The number of nitrogens with one attached hydrogen (secondary N) is 1. The molecule has 0 saturated heterocycles. The molecule has 5 N–H and O–H groups in total. The van der Waals surface area contributed by atoms with Gasteiger partial charge < -0.3 is 25.7 Å². The third-order valence-corrected chi connectivity index (χ3v) is 6.60. The van der Waals surface area contributed by atoms with Crippen molar-refractivity contribution in [1.82, 2.24) is 14.7 Å². The topological polar surface area (TPSA) is 205 Å². The minimum Gasteiger partial charge on any atom is -0.480 e. The second-order valence-electron chi connectivity index (χ2n) is 9.70. The van der Waals surface area contributed by atoms with E-state index in [1.807, 2.05) is 0 Å². The lowest BCUT2D eigenvalue weighted by molar-refractivity contribution is -0.143. The summed E-state index contributed by atoms with van der Waals surface area (Å²) in [6, 6.07) is 11.5. The Morgan fingerprint density at radius 2 is 0.976 bits per heavy atom. The lowest BCUT2D eigenvalue weighted by atomic mass is 9.83. The van der Waals surface area contributed by atoms with Gasteiger partial charge in [0.05, 0.1) is 31.7 Å². The largest absolute Gasteiger partial charge is 0.480 e. The fourth-order valence-electron chi connectivity index (χ4n) is 4.74. The summed E-state index contributed by atoms with van der Waals surface area (Å²) >= 11 is 0. The zero-order valence-electron chi connectivity index (χ0n) is 22.7. The Hall–Kier alpha value is -4.66. The maximum absolute atomic E-state index is 13.3. The lowest BCUT2D eigenvalue weighted by Crippen LogP contribution is -2.45. The molecule has 1 aliphatic carbocycles. The number of ketones is 2. The first kappa shape index (κ1) is 31.9. The van der Waals surface area contributed by atoms with E-state index >= 15 is 0 Å². The Morgan fingerprint density at radius 3 is 1.45 bits per heavy atom.